The Hall–Kier alpha value is -1.13. The number of nitrogens with one attached hydrogen (secondary N) is 1. The molecule has 1 amide bonds. The highest BCUT2D eigenvalue weighted by Gasteiger charge is 2.21. The second kappa shape index (κ2) is 5.67. The van der Waals surface area contributed by atoms with Gasteiger partial charge in [0.25, 0.3) is 0 Å². The molecule has 18 heavy (non-hydrogen) atoms. The number of aliphatic hydroxyl groups excluding tert-OH is 1. The van der Waals surface area contributed by atoms with Crippen molar-refractivity contribution >= 4 is 17.5 Å². The number of aliphatic hydroxyl groups is 1. The van der Waals surface area contributed by atoms with Crippen LogP contribution in [0.4, 0.5) is 4.39 Å². The average molecular weight is 274 g/mol. The van der Waals surface area contributed by atoms with Crippen LogP contribution in [0.3, 0.4) is 0 Å². The molecule has 0 saturated carbocycles. The van der Waals surface area contributed by atoms with Crippen molar-refractivity contribution in [2.24, 2.45) is 5.41 Å². The van der Waals surface area contributed by atoms with Crippen molar-refractivity contribution in [3.05, 3.63) is 34.6 Å². The normalized spacial score (nSPS) is 13.2. The van der Waals surface area contributed by atoms with E-state index in [1.165, 1.54) is 12.1 Å². The summed E-state index contributed by atoms with van der Waals surface area (Å²) < 4.78 is 13.2. The monoisotopic (exact) mass is 273 g/mol. The average Bonchev–Trinajstić information content (AvgIpc) is 2.27. The van der Waals surface area contributed by atoms with Crippen LogP contribution in [-0.4, -0.2) is 17.6 Å². The molecule has 0 aliphatic heterocycles. The lowest BCUT2D eigenvalue weighted by Crippen LogP contribution is -2.37. The number of halogens is 2. The first-order chi connectivity index (χ1) is 8.21. The number of benzene rings is 1. The first-order valence-electron chi connectivity index (χ1n) is 5.63. The maximum atomic E-state index is 13.2. The first-order valence-corrected chi connectivity index (χ1v) is 6.01. The van der Waals surface area contributed by atoms with Crippen LogP contribution in [0.5, 0.6) is 0 Å². The molecule has 0 bridgehead atoms. The van der Waals surface area contributed by atoms with Gasteiger partial charge < -0.3 is 10.4 Å². The minimum absolute atomic E-state index is 0.00433. The van der Waals surface area contributed by atoms with Crippen LogP contribution in [0.2, 0.25) is 5.02 Å². The van der Waals surface area contributed by atoms with E-state index >= 15 is 0 Å². The SMILES string of the molecule is CC(C)(C)C(=O)NCC(O)c1ccc(Cl)c(F)c1. The molecule has 1 unspecified atom stereocenters. The Balaban J connectivity index is 2.63. The molecule has 1 aromatic rings. The van der Waals surface area contributed by atoms with E-state index in [-0.39, 0.29) is 17.5 Å². The Bertz CT molecular complexity index is 443. The Labute approximate surface area is 111 Å². The number of hydrogen-bond acceptors (Lipinski definition) is 2. The van der Waals surface area contributed by atoms with Crippen molar-refractivity contribution in [1.82, 2.24) is 5.32 Å². The number of rotatable bonds is 3. The second-order valence-electron chi connectivity index (χ2n) is 5.15. The maximum absolute atomic E-state index is 13.2. The van der Waals surface area contributed by atoms with Gasteiger partial charge in [-0.25, -0.2) is 4.39 Å². The van der Waals surface area contributed by atoms with Gasteiger partial charge in [0.1, 0.15) is 5.82 Å². The molecule has 5 heteroatoms. The number of amides is 1. The molecule has 3 nitrogen and oxygen atoms in total. The summed E-state index contributed by atoms with van der Waals surface area (Å²) in [6.45, 7) is 5.36. The van der Waals surface area contributed by atoms with Gasteiger partial charge in [0.15, 0.2) is 0 Å². The van der Waals surface area contributed by atoms with E-state index in [2.05, 4.69) is 5.32 Å². The summed E-state index contributed by atoms with van der Waals surface area (Å²) in [4.78, 5) is 11.6. The fourth-order valence-corrected chi connectivity index (χ4v) is 1.41. The van der Waals surface area contributed by atoms with Gasteiger partial charge in [-0.2, -0.15) is 0 Å². The lowest BCUT2D eigenvalue weighted by Gasteiger charge is -2.19. The molecule has 0 aromatic heterocycles. The van der Waals surface area contributed by atoms with Crippen LogP contribution in [0.25, 0.3) is 0 Å². The zero-order chi connectivity index (χ0) is 13.9. The summed E-state index contributed by atoms with van der Waals surface area (Å²) in [5.74, 6) is -0.758. The summed E-state index contributed by atoms with van der Waals surface area (Å²) in [6, 6.07) is 4.07. The van der Waals surface area contributed by atoms with Gasteiger partial charge in [-0.1, -0.05) is 38.4 Å². The molecule has 0 saturated heterocycles. The van der Waals surface area contributed by atoms with Crippen molar-refractivity contribution in [2.45, 2.75) is 26.9 Å². The van der Waals surface area contributed by atoms with Gasteiger partial charge in [-0.15, -0.1) is 0 Å². The molecule has 100 valence electrons. The summed E-state index contributed by atoms with van der Waals surface area (Å²) in [6.07, 6.45) is -0.955. The predicted octanol–water partition coefficient (Wildman–Crippen LogP) is 2.67. The van der Waals surface area contributed by atoms with E-state index < -0.39 is 17.3 Å². The van der Waals surface area contributed by atoms with Crippen molar-refractivity contribution in [1.29, 1.82) is 0 Å². The summed E-state index contributed by atoms with van der Waals surface area (Å²) in [7, 11) is 0. The van der Waals surface area contributed by atoms with Crippen LogP contribution < -0.4 is 5.32 Å². The van der Waals surface area contributed by atoms with E-state index in [0.717, 1.165) is 6.07 Å². The Kier molecular flexibility index (Phi) is 4.71. The van der Waals surface area contributed by atoms with E-state index in [1.807, 2.05) is 0 Å². The van der Waals surface area contributed by atoms with E-state index in [9.17, 15) is 14.3 Å². The molecule has 2 N–H and O–H groups in total. The molecular weight excluding hydrogens is 257 g/mol. The highest BCUT2D eigenvalue weighted by Crippen LogP contribution is 2.20. The molecule has 0 fully saturated rings. The zero-order valence-electron chi connectivity index (χ0n) is 10.6. The quantitative estimate of drug-likeness (QED) is 0.890. The smallest absolute Gasteiger partial charge is 0.225 e. The lowest BCUT2D eigenvalue weighted by atomic mass is 9.95. The number of carbonyl (C=O) groups is 1. The molecule has 0 aliphatic carbocycles. The van der Waals surface area contributed by atoms with Crippen molar-refractivity contribution in [3.8, 4) is 0 Å². The van der Waals surface area contributed by atoms with Crippen LogP contribution in [-0.2, 0) is 4.79 Å². The van der Waals surface area contributed by atoms with Gasteiger partial charge in [0.05, 0.1) is 11.1 Å². The minimum atomic E-state index is -0.955. The van der Waals surface area contributed by atoms with Gasteiger partial charge in [0.2, 0.25) is 5.91 Å². The van der Waals surface area contributed by atoms with Crippen molar-refractivity contribution in [2.75, 3.05) is 6.54 Å². The number of hydrogen-bond donors (Lipinski definition) is 2. The zero-order valence-corrected chi connectivity index (χ0v) is 11.4. The largest absolute Gasteiger partial charge is 0.387 e. The Morgan fingerprint density at radius 1 is 1.50 bits per heavy atom. The third-order valence-electron chi connectivity index (χ3n) is 2.47. The second-order valence-corrected chi connectivity index (χ2v) is 5.56. The Morgan fingerprint density at radius 3 is 2.61 bits per heavy atom. The molecule has 1 rings (SSSR count). The summed E-state index contributed by atoms with van der Waals surface area (Å²) in [5.41, 5.74) is -0.142. The molecule has 1 atom stereocenters. The maximum Gasteiger partial charge on any atom is 0.225 e. The summed E-state index contributed by atoms with van der Waals surface area (Å²) in [5, 5.41) is 12.4. The highest BCUT2D eigenvalue weighted by molar-refractivity contribution is 6.30. The van der Waals surface area contributed by atoms with Gasteiger partial charge >= 0.3 is 0 Å². The van der Waals surface area contributed by atoms with E-state index in [4.69, 9.17) is 11.6 Å². The van der Waals surface area contributed by atoms with Gasteiger partial charge in [-0.3, -0.25) is 4.79 Å². The van der Waals surface area contributed by atoms with Crippen LogP contribution >= 0.6 is 11.6 Å². The predicted molar refractivity (Wildman–Crippen MR) is 68.8 cm³/mol. The Morgan fingerprint density at radius 2 is 2.11 bits per heavy atom. The standard InChI is InChI=1S/C13H17ClFNO2/c1-13(2,3)12(18)16-7-11(17)8-4-5-9(14)10(15)6-8/h4-6,11,17H,7H2,1-3H3,(H,16,18). The first kappa shape index (κ1) is 14.9. The fourth-order valence-electron chi connectivity index (χ4n) is 1.29. The highest BCUT2D eigenvalue weighted by atomic mass is 35.5. The van der Waals surface area contributed by atoms with E-state index in [1.54, 1.807) is 20.8 Å². The van der Waals surface area contributed by atoms with Gasteiger partial charge in [0, 0.05) is 12.0 Å². The number of carbonyl (C=O) groups excluding carboxylic acids is 1. The van der Waals surface area contributed by atoms with Crippen molar-refractivity contribution < 1.29 is 14.3 Å². The summed E-state index contributed by atoms with van der Waals surface area (Å²) >= 11 is 5.55. The molecule has 0 radical (unpaired) electrons. The van der Waals surface area contributed by atoms with Gasteiger partial charge in [-0.05, 0) is 17.7 Å². The minimum Gasteiger partial charge on any atom is -0.387 e. The molecular formula is C13H17ClFNO2. The molecule has 0 heterocycles. The van der Waals surface area contributed by atoms with Crippen LogP contribution in [0, 0.1) is 11.2 Å². The van der Waals surface area contributed by atoms with E-state index in [0.29, 0.717) is 5.56 Å². The topological polar surface area (TPSA) is 49.3 Å². The van der Waals surface area contributed by atoms with Crippen LogP contribution in [0.15, 0.2) is 18.2 Å². The fraction of sp³-hybridized carbons (Fsp3) is 0.462. The molecule has 0 spiro atoms. The van der Waals surface area contributed by atoms with Crippen molar-refractivity contribution in [3.63, 3.8) is 0 Å². The molecule has 0 aliphatic rings. The third-order valence-corrected chi connectivity index (χ3v) is 2.77. The van der Waals surface area contributed by atoms with Crippen LogP contribution in [0.1, 0.15) is 32.4 Å². The lowest BCUT2D eigenvalue weighted by molar-refractivity contribution is -0.128. The molecule has 1 aromatic carbocycles. The third kappa shape index (κ3) is 3.96.